The van der Waals surface area contributed by atoms with Crippen LogP contribution in [0.1, 0.15) is 22.6 Å². The van der Waals surface area contributed by atoms with Crippen LogP contribution in [0.4, 0.5) is 23.4 Å². The minimum atomic E-state index is -3.74. The van der Waals surface area contributed by atoms with Crippen LogP contribution in [-0.2, 0) is 0 Å². The van der Waals surface area contributed by atoms with E-state index < -0.39 is 18.8 Å². The van der Waals surface area contributed by atoms with Crippen molar-refractivity contribution in [2.24, 2.45) is 0 Å². The predicted molar refractivity (Wildman–Crippen MR) is 89.8 cm³/mol. The molecule has 3 aromatic rings. The Labute approximate surface area is 160 Å². The van der Waals surface area contributed by atoms with Gasteiger partial charge in [0.1, 0.15) is 5.69 Å². The van der Waals surface area contributed by atoms with Gasteiger partial charge in [0.25, 0.3) is 5.91 Å². The fraction of sp³-hybridized carbons (Fsp3) is 0.176. The molecule has 0 spiro atoms. The molecule has 4 rings (SSSR count). The quantitative estimate of drug-likeness (QED) is 0.662. The van der Waals surface area contributed by atoms with Crippen molar-refractivity contribution in [1.82, 2.24) is 19.7 Å². The average Bonchev–Trinajstić information content (AvgIpc) is 3.25. The number of anilines is 1. The maximum absolute atomic E-state index is 13.2. The maximum atomic E-state index is 13.2. The standard InChI is InChI=1S/C17H11F4N5O3/c1-8-4-12-13(29-17(20,21)28-12)5-9(8)10-6-23-14(7-22-10)25-15(27)11-2-3-24-26(11)16(18)19/h2-7,16H,1H3,(H,23,25,27). The van der Waals surface area contributed by atoms with Gasteiger partial charge in [-0.15, -0.1) is 8.78 Å². The molecule has 0 aliphatic carbocycles. The number of alkyl halides is 4. The van der Waals surface area contributed by atoms with E-state index in [1.807, 2.05) is 0 Å². The van der Waals surface area contributed by atoms with Gasteiger partial charge in [-0.25, -0.2) is 4.98 Å². The fourth-order valence-corrected chi connectivity index (χ4v) is 2.74. The molecule has 1 aromatic carbocycles. The van der Waals surface area contributed by atoms with E-state index in [4.69, 9.17) is 0 Å². The zero-order chi connectivity index (χ0) is 20.8. The summed E-state index contributed by atoms with van der Waals surface area (Å²) in [5.74, 6) is -1.07. The van der Waals surface area contributed by atoms with Gasteiger partial charge in [0, 0.05) is 11.8 Å². The minimum Gasteiger partial charge on any atom is -0.395 e. The lowest BCUT2D eigenvalue weighted by molar-refractivity contribution is -0.286. The Kier molecular flexibility index (Phi) is 4.32. The molecule has 12 heteroatoms. The van der Waals surface area contributed by atoms with E-state index in [0.29, 0.717) is 16.8 Å². The number of halogens is 4. The molecule has 1 aliphatic heterocycles. The zero-order valence-corrected chi connectivity index (χ0v) is 14.6. The van der Waals surface area contributed by atoms with Gasteiger partial charge in [0.2, 0.25) is 0 Å². The number of ether oxygens (including phenoxy) is 2. The molecular weight excluding hydrogens is 398 g/mol. The smallest absolute Gasteiger partial charge is 0.395 e. The van der Waals surface area contributed by atoms with Crippen LogP contribution in [0.5, 0.6) is 11.5 Å². The molecule has 0 fully saturated rings. The normalized spacial score (nSPS) is 14.3. The summed E-state index contributed by atoms with van der Waals surface area (Å²) in [6.07, 6.45) is -0.169. The maximum Gasteiger partial charge on any atom is 0.586 e. The first kappa shape index (κ1) is 18.7. The van der Waals surface area contributed by atoms with Gasteiger partial charge in [-0.1, -0.05) is 0 Å². The largest absolute Gasteiger partial charge is 0.586 e. The predicted octanol–water partition coefficient (Wildman–Crippen LogP) is 3.62. The second kappa shape index (κ2) is 6.72. The number of carbonyl (C=O) groups excluding carboxylic acids is 1. The van der Waals surface area contributed by atoms with E-state index in [1.165, 1.54) is 24.5 Å². The van der Waals surface area contributed by atoms with Crippen molar-refractivity contribution >= 4 is 11.7 Å². The fourth-order valence-electron chi connectivity index (χ4n) is 2.74. The van der Waals surface area contributed by atoms with E-state index in [1.54, 1.807) is 6.92 Å². The highest BCUT2D eigenvalue weighted by atomic mass is 19.3. The van der Waals surface area contributed by atoms with Gasteiger partial charge >= 0.3 is 12.8 Å². The second-order valence-corrected chi connectivity index (χ2v) is 5.96. The molecule has 1 N–H and O–H groups in total. The number of aryl methyl sites for hydroxylation is 1. The monoisotopic (exact) mass is 409 g/mol. The first-order chi connectivity index (χ1) is 13.7. The number of hydrogen-bond acceptors (Lipinski definition) is 6. The first-order valence-corrected chi connectivity index (χ1v) is 8.09. The summed E-state index contributed by atoms with van der Waals surface area (Å²) in [4.78, 5) is 20.3. The van der Waals surface area contributed by atoms with E-state index in [9.17, 15) is 22.4 Å². The minimum absolute atomic E-state index is 0.00527. The zero-order valence-electron chi connectivity index (χ0n) is 14.6. The molecule has 29 heavy (non-hydrogen) atoms. The van der Waals surface area contributed by atoms with Gasteiger partial charge in [-0.05, 0) is 30.7 Å². The van der Waals surface area contributed by atoms with E-state index in [2.05, 4.69) is 29.9 Å². The molecule has 1 aliphatic rings. The van der Waals surface area contributed by atoms with Crippen molar-refractivity contribution in [3.63, 3.8) is 0 Å². The molecule has 0 radical (unpaired) electrons. The number of nitrogens with one attached hydrogen (secondary N) is 1. The molecule has 0 atom stereocenters. The number of fused-ring (bicyclic) bond motifs is 1. The average molecular weight is 409 g/mol. The van der Waals surface area contributed by atoms with Gasteiger partial charge in [0.15, 0.2) is 17.3 Å². The van der Waals surface area contributed by atoms with Crippen LogP contribution < -0.4 is 14.8 Å². The van der Waals surface area contributed by atoms with Gasteiger partial charge < -0.3 is 14.8 Å². The third-order valence-corrected chi connectivity index (χ3v) is 4.01. The van der Waals surface area contributed by atoms with Crippen molar-refractivity contribution < 1.29 is 31.8 Å². The summed E-state index contributed by atoms with van der Waals surface area (Å²) in [5.41, 5.74) is 1.02. The Morgan fingerprint density at radius 1 is 1.17 bits per heavy atom. The molecule has 1 amide bonds. The molecule has 8 nitrogen and oxygen atoms in total. The van der Waals surface area contributed by atoms with Crippen LogP contribution in [0.2, 0.25) is 0 Å². The molecule has 0 bridgehead atoms. The highest BCUT2D eigenvalue weighted by molar-refractivity contribution is 6.02. The number of aromatic nitrogens is 4. The Bertz CT molecular complexity index is 1090. The van der Waals surface area contributed by atoms with Crippen LogP contribution in [0.25, 0.3) is 11.3 Å². The molecule has 0 unspecified atom stereocenters. The van der Waals surface area contributed by atoms with Gasteiger partial charge in [-0.2, -0.15) is 18.6 Å². The highest BCUT2D eigenvalue weighted by Gasteiger charge is 2.43. The van der Waals surface area contributed by atoms with Crippen molar-refractivity contribution in [3.8, 4) is 22.8 Å². The van der Waals surface area contributed by atoms with Crippen LogP contribution in [0, 0.1) is 6.92 Å². The van der Waals surface area contributed by atoms with Crippen molar-refractivity contribution in [2.45, 2.75) is 19.8 Å². The summed E-state index contributed by atoms with van der Waals surface area (Å²) in [5, 5.41) is 5.71. The van der Waals surface area contributed by atoms with Crippen LogP contribution in [0.15, 0.2) is 36.8 Å². The summed E-state index contributed by atoms with van der Waals surface area (Å²) in [6.45, 7) is -1.31. The highest BCUT2D eigenvalue weighted by Crippen LogP contribution is 2.44. The molecule has 0 saturated carbocycles. The van der Waals surface area contributed by atoms with Crippen molar-refractivity contribution in [3.05, 3.63) is 48.0 Å². The third-order valence-electron chi connectivity index (χ3n) is 4.01. The number of benzene rings is 1. The molecule has 3 heterocycles. The Morgan fingerprint density at radius 2 is 1.90 bits per heavy atom. The summed E-state index contributed by atoms with van der Waals surface area (Å²) in [6, 6.07) is 3.86. The van der Waals surface area contributed by atoms with Crippen LogP contribution >= 0.6 is 0 Å². The lowest BCUT2D eigenvalue weighted by Crippen LogP contribution is -2.25. The van der Waals surface area contributed by atoms with Crippen LogP contribution in [0.3, 0.4) is 0 Å². The number of hydrogen-bond donors (Lipinski definition) is 1. The summed E-state index contributed by atoms with van der Waals surface area (Å²) < 4.78 is 61.1. The number of carbonyl (C=O) groups is 1. The summed E-state index contributed by atoms with van der Waals surface area (Å²) in [7, 11) is 0. The Balaban J connectivity index is 1.55. The number of amides is 1. The van der Waals surface area contributed by atoms with Gasteiger partial charge in [0.05, 0.1) is 18.1 Å². The van der Waals surface area contributed by atoms with E-state index in [0.717, 1.165) is 12.3 Å². The SMILES string of the molecule is Cc1cc2c(cc1-c1cnc(NC(=O)c3ccnn3C(F)F)cn1)OC(F)(F)O2. The van der Waals surface area contributed by atoms with E-state index >= 15 is 0 Å². The molecule has 150 valence electrons. The lowest BCUT2D eigenvalue weighted by atomic mass is 10.1. The van der Waals surface area contributed by atoms with Crippen molar-refractivity contribution in [1.29, 1.82) is 0 Å². The van der Waals surface area contributed by atoms with Crippen molar-refractivity contribution in [2.75, 3.05) is 5.32 Å². The second-order valence-electron chi connectivity index (χ2n) is 5.96. The Hall–Kier alpha value is -3.70. The third kappa shape index (κ3) is 3.56. The summed E-state index contributed by atoms with van der Waals surface area (Å²) >= 11 is 0. The first-order valence-electron chi connectivity index (χ1n) is 8.09. The number of nitrogens with zero attached hydrogens (tertiary/aromatic N) is 4. The van der Waals surface area contributed by atoms with Crippen LogP contribution in [-0.4, -0.2) is 32.0 Å². The number of rotatable bonds is 4. The topological polar surface area (TPSA) is 91.2 Å². The molecule has 0 saturated heterocycles. The van der Waals surface area contributed by atoms with Gasteiger partial charge in [-0.3, -0.25) is 9.78 Å². The van der Waals surface area contributed by atoms with E-state index in [-0.39, 0.29) is 27.7 Å². The molecular formula is C17H11F4N5O3. The Morgan fingerprint density at radius 3 is 2.55 bits per heavy atom. The molecule has 2 aromatic heterocycles. The lowest BCUT2D eigenvalue weighted by Gasteiger charge is -2.09.